The van der Waals surface area contributed by atoms with Crippen LogP contribution >= 0.6 is 11.3 Å². The lowest BCUT2D eigenvalue weighted by atomic mass is 10.0. The van der Waals surface area contributed by atoms with Crippen LogP contribution in [0.3, 0.4) is 0 Å². The van der Waals surface area contributed by atoms with Crippen molar-refractivity contribution in [2.75, 3.05) is 6.54 Å². The van der Waals surface area contributed by atoms with Crippen LogP contribution in [0.2, 0.25) is 0 Å². The molecule has 0 fully saturated rings. The van der Waals surface area contributed by atoms with Gasteiger partial charge in [-0.25, -0.2) is 4.39 Å². The third kappa shape index (κ3) is 3.17. The number of hydrogen-bond acceptors (Lipinski definition) is 2. The molecule has 1 heterocycles. The van der Waals surface area contributed by atoms with E-state index in [0.717, 1.165) is 10.1 Å². The Labute approximate surface area is 132 Å². The first-order valence-electron chi connectivity index (χ1n) is 7.16. The van der Waals surface area contributed by atoms with Crippen LogP contribution in [0, 0.1) is 5.82 Å². The quantitative estimate of drug-likeness (QED) is 0.751. The van der Waals surface area contributed by atoms with E-state index in [4.69, 9.17) is 0 Å². The Bertz CT molecular complexity index is 797. The molecule has 0 bridgehead atoms. The average Bonchev–Trinajstić information content (AvgIpc) is 2.96. The van der Waals surface area contributed by atoms with Gasteiger partial charge in [-0.1, -0.05) is 37.3 Å². The molecule has 3 rings (SSSR count). The van der Waals surface area contributed by atoms with Crippen molar-refractivity contribution in [2.45, 2.75) is 12.8 Å². The van der Waals surface area contributed by atoms with Gasteiger partial charge in [-0.2, -0.15) is 0 Å². The molecule has 0 unspecified atom stereocenters. The highest BCUT2D eigenvalue weighted by atomic mass is 32.1. The second kappa shape index (κ2) is 6.28. The Balaban J connectivity index is 1.68. The van der Waals surface area contributed by atoms with E-state index in [1.54, 1.807) is 12.1 Å². The lowest BCUT2D eigenvalue weighted by molar-refractivity contribution is 0.0956. The molecule has 0 spiro atoms. The van der Waals surface area contributed by atoms with Gasteiger partial charge in [0.15, 0.2) is 0 Å². The minimum Gasteiger partial charge on any atom is -0.351 e. The lowest BCUT2D eigenvalue weighted by Crippen LogP contribution is -2.26. The maximum atomic E-state index is 13.2. The van der Waals surface area contributed by atoms with Crippen molar-refractivity contribution in [3.05, 3.63) is 70.9 Å². The van der Waals surface area contributed by atoms with E-state index in [0.29, 0.717) is 11.4 Å². The maximum absolute atomic E-state index is 13.2. The number of benzene rings is 2. The van der Waals surface area contributed by atoms with Crippen molar-refractivity contribution in [1.82, 2.24) is 5.32 Å². The SMILES string of the molecule is C[C@@H](CNC(=O)c1cc2cc(F)ccc2s1)c1ccccc1. The normalized spacial score (nSPS) is 12.3. The fourth-order valence-electron chi connectivity index (χ4n) is 2.36. The molecule has 112 valence electrons. The zero-order chi connectivity index (χ0) is 15.5. The largest absolute Gasteiger partial charge is 0.351 e. The molecule has 4 heteroatoms. The van der Waals surface area contributed by atoms with Crippen LogP contribution in [-0.4, -0.2) is 12.5 Å². The molecular weight excluding hydrogens is 297 g/mol. The lowest BCUT2D eigenvalue weighted by Gasteiger charge is -2.12. The summed E-state index contributed by atoms with van der Waals surface area (Å²) in [4.78, 5) is 12.9. The number of rotatable bonds is 4. The summed E-state index contributed by atoms with van der Waals surface area (Å²) in [6, 6.07) is 16.4. The number of amides is 1. The molecule has 1 amide bonds. The molecule has 1 N–H and O–H groups in total. The highest BCUT2D eigenvalue weighted by Gasteiger charge is 2.12. The van der Waals surface area contributed by atoms with Gasteiger partial charge in [0.1, 0.15) is 5.82 Å². The van der Waals surface area contributed by atoms with E-state index < -0.39 is 0 Å². The summed E-state index contributed by atoms with van der Waals surface area (Å²) in [7, 11) is 0. The Morgan fingerprint density at radius 3 is 2.73 bits per heavy atom. The standard InChI is InChI=1S/C18H16FNOS/c1-12(13-5-3-2-4-6-13)11-20-18(21)17-10-14-9-15(19)7-8-16(14)22-17/h2-10,12H,11H2,1H3,(H,20,21)/t12-/m0/s1. The van der Waals surface area contributed by atoms with E-state index >= 15 is 0 Å². The molecule has 1 aromatic heterocycles. The Kier molecular flexibility index (Phi) is 4.20. The van der Waals surface area contributed by atoms with E-state index in [9.17, 15) is 9.18 Å². The monoisotopic (exact) mass is 313 g/mol. The Morgan fingerprint density at radius 2 is 1.95 bits per heavy atom. The predicted octanol–water partition coefficient (Wildman–Crippen LogP) is 4.57. The van der Waals surface area contributed by atoms with Gasteiger partial charge >= 0.3 is 0 Å². The van der Waals surface area contributed by atoms with Gasteiger partial charge in [-0.3, -0.25) is 4.79 Å². The molecule has 0 aliphatic heterocycles. The number of nitrogens with one attached hydrogen (secondary N) is 1. The summed E-state index contributed by atoms with van der Waals surface area (Å²) in [6.07, 6.45) is 0. The predicted molar refractivity (Wildman–Crippen MR) is 89.0 cm³/mol. The van der Waals surface area contributed by atoms with E-state index in [2.05, 4.69) is 24.4 Å². The van der Waals surface area contributed by atoms with Crippen molar-refractivity contribution in [1.29, 1.82) is 0 Å². The minimum atomic E-state index is -0.282. The van der Waals surface area contributed by atoms with Crippen LogP contribution in [0.15, 0.2) is 54.6 Å². The number of thiophene rings is 1. The van der Waals surface area contributed by atoms with E-state index in [1.807, 2.05) is 18.2 Å². The Hall–Kier alpha value is -2.20. The molecule has 2 nitrogen and oxygen atoms in total. The van der Waals surface area contributed by atoms with Gasteiger partial charge in [0, 0.05) is 11.2 Å². The van der Waals surface area contributed by atoms with Gasteiger partial charge < -0.3 is 5.32 Å². The average molecular weight is 313 g/mol. The van der Waals surface area contributed by atoms with Crippen molar-refractivity contribution >= 4 is 27.3 Å². The number of carbonyl (C=O) groups is 1. The summed E-state index contributed by atoms with van der Waals surface area (Å²) in [5.41, 5.74) is 1.20. The van der Waals surface area contributed by atoms with Gasteiger partial charge in [0.25, 0.3) is 5.91 Å². The zero-order valence-corrected chi connectivity index (χ0v) is 13.0. The van der Waals surface area contributed by atoms with Crippen LogP contribution in [0.5, 0.6) is 0 Å². The smallest absolute Gasteiger partial charge is 0.261 e. The maximum Gasteiger partial charge on any atom is 0.261 e. The van der Waals surface area contributed by atoms with Crippen molar-refractivity contribution in [3.63, 3.8) is 0 Å². The molecular formula is C18H16FNOS. The summed E-state index contributed by atoms with van der Waals surface area (Å²) < 4.78 is 14.1. The molecule has 0 aliphatic rings. The molecule has 0 aliphatic carbocycles. The molecule has 22 heavy (non-hydrogen) atoms. The highest BCUT2D eigenvalue weighted by molar-refractivity contribution is 7.20. The van der Waals surface area contributed by atoms with Crippen molar-refractivity contribution in [2.24, 2.45) is 0 Å². The second-order valence-electron chi connectivity index (χ2n) is 5.31. The van der Waals surface area contributed by atoms with Gasteiger partial charge in [-0.15, -0.1) is 11.3 Å². The van der Waals surface area contributed by atoms with E-state index in [-0.39, 0.29) is 17.6 Å². The van der Waals surface area contributed by atoms with Crippen molar-refractivity contribution in [3.8, 4) is 0 Å². The van der Waals surface area contributed by atoms with Crippen LogP contribution in [0.25, 0.3) is 10.1 Å². The molecule has 0 saturated carbocycles. The van der Waals surface area contributed by atoms with Crippen LogP contribution in [0.4, 0.5) is 4.39 Å². The molecule has 0 radical (unpaired) electrons. The first kappa shape index (κ1) is 14.7. The number of halogens is 1. The fourth-order valence-corrected chi connectivity index (χ4v) is 3.32. The molecule has 1 atom stereocenters. The van der Waals surface area contributed by atoms with Crippen LogP contribution in [-0.2, 0) is 0 Å². The molecule has 3 aromatic rings. The third-order valence-corrected chi connectivity index (χ3v) is 4.75. The van der Waals surface area contributed by atoms with Gasteiger partial charge in [-0.05, 0) is 41.1 Å². The first-order chi connectivity index (χ1) is 10.6. The van der Waals surface area contributed by atoms with E-state index in [1.165, 1.54) is 29.0 Å². The van der Waals surface area contributed by atoms with Crippen LogP contribution in [0.1, 0.15) is 28.1 Å². The van der Waals surface area contributed by atoms with Gasteiger partial charge in [0.05, 0.1) is 4.88 Å². The van der Waals surface area contributed by atoms with Gasteiger partial charge in [0.2, 0.25) is 0 Å². The second-order valence-corrected chi connectivity index (χ2v) is 6.40. The Morgan fingerprint density at radius 1 is 1.18 bits per heavy atom. The topological polar surface area (TPSA) is 29.1 Å². The highest BCUT2D eigenvalue weighted by Crippen LogP contribution is 2.26. The van der Waals surface area contributed by atoms with Crippen molar-refractivity contribution < 1.29 is 9.18 Å². The first-order valence-corrected chi connectivity index (χ1v) is 7.97. The summed E-state index contributed by atoms with van der Waals surface area (Å²) in [5.74, 6) is -0.142. The number of carbonyl (C=O) groups excluding carboxylic acids is 1. The summed E-state index contributed by atoms with van der Waals surface area (Å²) in [6.45, 7) is 2.65. The minimum absolute atomic E-state index is 0.107. The molecule has 2 aromatic carbocycles. The zero-order valence-electron chi connectivity index (χ0n) is 12.2. The number of fused-ring (bicyclic) bond motifs is 1. The summed E-state index contributed by atoms with van der Waals surface area (Å²) >= 11 is 1.38. The fraction of sp³-hybridized carbons (Fsp3) is 0.167. The number of hydrogen-bond donors (Lipinski definition) is 1. The van der Waals surface area contributed by atoms with Crippen LogP contribution < -0.4 is 5.32 Å². The summed E-state index contributed by atoms with van der Waals surface area (Å²) in [5, 5.41) is 3.72. The molecule has 0 saturated heterocycles. The third-order valence-electron chi connectivity index (χ3n) is 3.64.